The van der Waals surface area contributed by atoms with Gasteiger partial charge in [0.1, 0.15) is 0 Å². The SMILES string of the molecule is Cc1c(-c2ccccc2)c(-c2ccccc2)cn1-c1cccc(-n2cc(-c3ccccc3)c(-c3ccccc3)c2C)c1. The third-order valence-electron chi connectivity index (χ3n) is 8.18. The number of nitrogens with zero attached hydrogens (tertiary/aromatic N) is 2. The summed E-state index contributed by atoms with van der Waals surface area (Å²) in [4.78, 5) is 0. The van der Waals surface area contributed by atoms with Crippen LogP contribution in [0.25, 0.3) is 55.9 Å². The first-order valence-corrected chi connectivity index (χ1v) is 14.5. The summed E-state index contributed by atoms with van der Waals surface area (Å²) in [6.45, 7) is 4.45. The molecule has 0 saturated heterocycles. The largest absolute Gasteiger partial charge is 0.320 e. The predicted molar refractivity (Wildman–Crippen MR) is 176 cm³/mol. The maximum absolute atomic E-state index is 2.34. The van der Waals surface area contributed by atoms with Crippen LogP contribution in [0.1, 0.15) is 11.4 Å². The van der Waals surface area contributed by atoms with Crippen molar-refractivity contribution in [1.82, 2.24) is 9.13 Å². The second-order valence-electron chi connectivity index (χ2n) is 10.7. The van der Waals surface area contributed by atoms with Crippen LogP contribution >= 0.6 is 0 Å². The van der Waals surface area contributed by atoms with Gasteiger partial charge in [-0.3, -0.25) is 0 Å². The summed E-state index contributed by atoms with van der Waals surface area (Å²) in [6.07, 6.45) is 4.58. The molecule has 2 heteroatoms. The highest BCUT2D eigenvalue weighted by molar-refractivity contribution is 5.87. The average Bonchev–Trinajstić information content (AvgIpc) is 3.59. The van der Waals surface area contributed by atoms with E-state index in [2.05, 4.69) is 181 Å². The van der Waals surface area contributed by atoms with Crippen molar-refractivity contribution >= 4 is 0 Å². The molecular formula is C40H32N2. The second kappa shape index (κ2) is 10.9. The van der Waals surface area contributed by atoms with Crippen LogP contribution in [0.5, 0.6) is 0 Å². The van der Waals surface area contributed by atoms with E-state index in [1.165, 1.54) is 55.9 Å². The number of hydrogen-bond acceptors (Lipinski definition) is 0. The molecule has 0 fully saturated rings. The minimum Gasteiger partial charge on any atom is -0.320 e. The Balaban J connectivity index is 1.39. The molecule has 5 aromatic carbocycles. The van der Waals surface area contributed by atoms with E-state index in [-0.39, 0.29) is 0 Å². The zero-order chi connectivity index (χ0) is 28.5. The topological polar surface area (TPSA) is 9.86 Å². The summed E-state index contributed by atoms with van der Waals surface area (Å²) in [5, 5.41) is 0. The van der Waals surface area contributed by atoms with Crippen molar-refractivity contribution in [3.05, 3.63) is 169 Å². The van der Waals surface area contributed by atoms with Gasteiger partial charge in [-0.25, -0.2) is 0 Å². The standard InChI is InChI=1S/C40H32N2/c1-29-39(33-20-11-5-12-21-33)37(31-16-7-3-8-17-31)27-41(29)35-24-15-25-36(26-35)42-28-38(32-18-9-4-10-19-32)40(30(42)2)34-22-13-6-14-23-34/h3-28H,1-2H3. The summed E-state index contributed by atoms with van der Waals surface area (Å²) in [5.74, 6) is 0. The molecule has 0 aliphatic rings. The van der Waals surface area contributed by atoms with Gasteiger partial charge < -0.3 is 9.13 Å². The maximum Gasteiger partial charge on any atom is 0.0473 e. The molecule has 0 atom stereocenters. The Kier molecular flexibility index (Phi) is 6.65. The van der Waals surface area contributed by atoms with Crippen LogP contribution in [0.4, 0.5) is 0 Å². The van der Waals surface area contributed by atoms with E-state index in [4.69, 9.17) is 0 Å². The van der Waals surface area contributed by atoms with E-state index in [0.29, 0.717) is 0 Å². The zero-order valence-corrected chi connectivity index (χ0v) is 23.9. The van der Waals surface area contributed by atoms with Crippen LogP contribution in [-0.2, 0) is 0 Å². The van der Waals surface area contributed by atoms with Crippen molar-refractivity contribution in [2.45, 2.75) is 13.8 Å². The third-order valence-corrected chi connectivity index (χ3v) is 8.18. The summed E-state index contributed by atoms with van der Waals surface area (Å²) >= 11 is 0. The predicted octanol–water partition coefficient (Wildman–Crippen LogP) is 10.6. The molecule has 42 heavy (non-hydrogen) atoms. The normalized spacial score (nSPS) is 11.1. The molecule has 0 unspecified atom stereocenters. The fraction of sp³-hybridized carbons (Fsp3) is 0.0500. The molecule has 0 bridgehead atoms. The molecule has 7 aromatic rings. The minimum atomic E-state index is 1.14. The van der Waals surface area contributed by atoms with E-state index in [0.717, 1.165) is 11.4 Å². The Bertz CT molecular complexity index is 1820. The highest BCUT2D eigenvalue weighted by Crippen LogP contribution is 2.40. The Hall–Kier alpha value is -5.34. The minimum absolute atomic E-state index is 1.14. The molecule has 0 N–H and O–H groups in total. The summed E-state index contributed by atoms with van der Waals surface area (Å²) in [6, 6.07) is 51.7. The molecule has 7 rings (SSSR count). The molecule has 0 radical (unpaired) electrons. The van der Waals surface area contributed by atoms with E-state index in [1.807, 2.05) is 0 Å². The third kappa shape index (κ3) is 4.57. The van der Waals surface area contributed by atoms with Gasteiger partial charge in [0.2, 0.25) is 0 Å². The first kappa shape index (κ1) is 25.6. The van der Waals surface area contributed by atoms with Gasteiger partial charge in [-0.2, -0.15) is 0 Å². The molecule has 0 amide bonds. The molecule has 202 valence electrons. The number of aromatic nitrogens is 2. The van der Waals surface area contributed by atoms with Crippen molar-refractivity contribution in [2.24, 2.45) is 0 Å². The molecule has 0 aliphatic heterocycles. The van der Waals surface area contributed by atoms with Gasteiger partial charge in [-0.15, -0.1) is 0 Å². The van der Waals surface area contributed by atoms with Crippen molar-refractivity contribution in [2.75, 3.05) is 0 Å². The summed E-state index contributed by atoms with van der Waals surface area (Å²) < 4.78 is 4.67. The van der Waals surface area contributed by atoms with Gasteiger partial charge in [0.25, 0.3) is 0 Å². The first-order chi connectivity index (χ1) is 20.7. The lowest BCUT2D eigenvalue weighted by Crippen LogP contribution is -2.00. The van der Waals surface area contributed by atoms with Crippen LogP contribution in [-0.4, -0.2) is 9.13 Å². The number of benzene rings is 5. The quantitative estimate of drug-likeness (QED) is 0.199. The van der Waals surface area contributed by atoms with Crippen LogP contribution in [0, 0.1) is 13.8 Å². The van der Waals surface area contributed by atoms with Crippen molar-refractivity contribution in [1.29, 1.82) is 0 Å². The van der Waals surface area contributed by atoms with Gasteiger partial charge in [0, 0.05) is 57.4 Å². The monoisotopic (exact) mass is 540 g/mol. The smallest absolute Gasteiger partial charge is 0.0473 e. The Labute approximate surface area is 247 Å². The summed E-state index contributed by atoms with van der Waals surface area (Å²) in [5.41, 5.74) is 14.6. The van der Waals surface area contributed by atoms with Gasteiger partial charge in [-0.1, -0.05) is 127 Å². The van der Waals surface area contributed by atoms with Gasteiger partial charge in [0.15, 0.2) is 0 Å². The highest BCUT2D eigenvalue weighted by atomic mass is 15.0. The molecule has 0 aliphatic carbocycles. The Morgan fingerprint density at radius 3 is 1.05 bits per heavy atom. The first-order valence-electron chi connectivity index (χ1n) is 14.5. The maximum atomic E-state index is 2.34. The number of hydrogen-bond donors (Lipinski definition) is 0. The fourth-order valence-corrected chi connectivity index (χ4v) is 6.15. The Morgan fingerprint density at radius 2 is 0.690 bits per heavy atom. The lowest BCUT2D eigenvalue weighted by Gasteiger charge is -2.12. The Morgan fingerprint density at radius 1 is 0.357 bits per heavy atom. The summed E-state index contributed by atoms with van der Waals surface area (Å²) in [7, 11) is 0. The fourth-order valence-electron chi connectivity index (χ4n) is 6.15. The molecule has 0 saturated carbocycles. The molecule has 2 aromatic heterocycles. The average molecular weight is 541 g/mol. The van der Waals surface area contributed by atoms with E-state index in [9.17, 15) is 0 Å². The van der Waals surface area contributed by atoms with Crippen molar-refractivity contribution < 1.29 is 0 Å². The lowest BCUT2D eigenvalue weighted by molar-refractivity contribution is 0.985. The van der Waals surface area contributed by atoms with E-state index < -0.39 is 0 Å². The second-order valence-corrected chi connectivity index (χ2v) is 10.7. The van der Waals surface area contributed by atoms with Gasteiger partial charge in [-0.05, 0) is 54.3 Å². The van der Waals surface area contributed by atoms with Gasteiger partial charge in [0.05, 0.1) is 0 Å². The van der Waals surface area contributed by atoms with Crippen molar-refractivity contribution in [3.8, 4) is 55.9 Å². The lowest BCUT2D eigenvalue weighted by atomic mass is 9.97. The van der Waals surface area contributed by atoms with Crippen LogP contribution in [0.3, 0.4) is 0 Å². The highest BCUT2D eigenvalue weighted by Gasteiger charge is 2.19. The van der Waals surface area contributed by atoms with Crippen LogP contribution < -0.4 is 0 Å². The van der Waals surface area contributed by atoms with E-state index in [1.54, 1.807) is 0 Å². The van der Waals surface area contributed by atoms with Crippen LogP contribution in [0.2, 0.25) is 0 Å². The molecule has 2 heterocycles. The molecular weight excluding hydrogens is 508 g/mol. The molecule has 2 nitrogen and oxygen atoms in total. The number of rotatable bonds is 6. The van der Waals surface area contributed by atoms with E-state index >= 15 is 0 Å². The molecule has 0 spiro atoms. The van der Waals surface area contributed by atoms with Crippen LogP contribution in [0.15, 0.2) is 158 Å². The zero-order valence-electron chi connectivity index (χ0n) is 23.9. The van der Waals surface area contributed by atoms with Gasteiger partial charge >= 0.3 is 0 Å². The van der Waals surface area contributed by atoms with Crippen molar-refractivity contribution in [3.63, 3.8) is 0 Å².